The van der Waals surface area contributed by atoms with Gasteiger partial charge in [0.2, 0.25) is 0 Å². The number of pyridine rings is 3. The standard InChI is InChI=1S/C28H32N6O2.C27H28N6O2.C24H24FN5O2.5H2/c1-3-5-18(4-2)22-12-20(15-32-28(22)35)24-16-31-27(29)26(33-24)25-13-23(34-36-25)19-8-6-17(7-9-19)14-30-21-10-11-21;28-26-25(24-12-22(33-35-24)18-7-5-16(6-8-18)13-29-20-9-10-20)32-23(15-30-26)19-11-21(27(34)31-14-19)17-3-1-2-4-17;1-14(2)30-13-18(9-19(25)24(30)31)21-12-27-15(3)23(28-21)22-10-20(29-32-22)17-7-5-16(6-8-17)11-26-4;;;;;/h6-9,12-13,15-16,18,21,30H,3-5,10-11,14H2,1-2H3,(H2,29,31)(H,32,35);5-8,11-12,14-15,17,20,29H,1-4,9-10,13H2,(H2,28,30)(H,31,34);5-10,12-14,26H,11H2,1-4H3;5*1H. The highest BCUT2D eigenvalue weighted by molar-refractivity contribution is 5.75. The van der Waals surface area contributed by atoms with Crippen LogP contribution in [0.4, 0.5) is 16.0 Å². The van der Waals surface area contributed by atoms with Crippen molar-refractivity contribution in [2.45, 2.75) is 155 Å². The van der Waals surface area contributed by atoms with Crippen LogP contribution >= 0.6 is 0 Å². The molecule has 3 aliphatic rings. The number of benzene rings is 3. The molecule has 0 bridgehead atoms. The highest BCUT2D eigenvalue weighted by Crippen LogP contribution is 2.37. The molecule has 3 saturated carbocycles. The SMILES string of the molecule is CCCC(CC)c1cc(-c2cnc(N)c(-c3cc(-c4ccc(CNC5CC5)cc4)no3)n2)c[nH]c1=O.CNCc1ccc(-c2cc(-c3nc(-c4cc(F)c(=O)n(C(C)C)c4)cnc3C)on2)cc1.Nc1ncc(-c2c[nH]c(=O)c(C3CCCC3)c2)nc1-c1cc(-c2ccc(CNC3CC3)cc2)no1.[HH].[HH].[HH].[HH].[HH]. The molecular formula is C79H94FN17O6. The number of aryl methyl sites for hydroxylation is 1. The molecule has 3 aliphatic carbocycles. The van der Waals surface area contributed by atoms with Crippen LogP contribution in [0.5, 0.6) is 0 Å². The van der Waals surface area contributed by atoms with Gasteiger partial charge in [0.1, 0.15) is 22.8 Å². The first-order chi connectivity index (χ1) is 50.1. The van der Waals surface area contributed by atoms with E-state index >= 15 is 0 Å². The van der Waals surface area contributed by atoms with E-state index in [0.717, 1.165) is 104 Å². The Hall–Kier alpha value is -11.2. The van der Waals surface area contributed by atoms with Crippen LogP contribution in [0.2, 0.25) is 0 Å². The van der Waals surface area contributed by atoms with Gasteiger partial charge in [-0.25, -0.2) is 29.3 Å². The van der Waals surface area contributed by atoms with Gasteiger partial charge >= 0.3 is 0 Å². The summed E-state index contributed by atoms with van der Waals surface area (Å²) in [5.74, 6) is 1.54. The van der Waals surface area contributed by atoms with Gasteiger partial charge in [0.05, 0.1) is 41.4 Å². The average molecular weight is 1400 g/mol. The van der Waals surface area contributed by atoms with Gasteiger partial charge in [-0.15, -0.1) is 0 Å². The van der Waals surface area contributed by atoms with Crippen molar-refractivity contribution in [3.63, 3.8) is 0 Å². The third-order valence-electron chi connectivity index (χ3n) is 18.9. The molecule has 0 aliphatic heterocycles. The molecule has 9 heterocycles. The molecule has 12 aromatic rings. The zero-order valence-electron chi connectivity index (χ0n) is 58.6. The van der Waals surface area contributed by atoms with E-state index < -0.39 is 11.4 Å². The molecule has 1 unspecified atom stereocenters. The third-order valence-corrected chi connectivity index (χ3v) is 18.9. The van der Waals surface area contributed by atoms with E-state index in [4.69, 9.17) is 35.0 Å². The van der Waals surface area contributed by atoms with Crippen LogP contribution < -0.4 is 44.1 Å². The van der Waals surface area contributed by atoms with Crippen molar-refractivity contribution in [1.82, 2.24) is 75.9 Å². The van der Waals surface area contributed by atoms with Gasteiger partial charge < -0.3 is 55.5 Å². The molecule has 3 fully saturated rings. The lowest BCUT2D eigenvalue weighted by Gasteiger charge is -2.14. The summed E-state index contributed by atoms with van der Waals surface area (Å²) in [5.41, 5.74) is 27.5. The van der Waals surface area contributed by atoms with Crippen molar-refractivity contribution >= 4 is 11.6 Å². The van der Waals surface area contributed by atoms with Gasteiger partial charge in [0, 0.05) is 126 Å². The monoisotopic (exact) mass is 1400 g/mol. The number of nitrogens with one attached hydrogen (secondary N) is 5. The molecule has 0 saturated heterocycles. The number of nitrogen functional groups attached to an aromatic ring is 2. The molecule has 1 atom stereocenters. The molecule has 0 spiro atoms. The molecule has 9 N–H and O–H groups in total. The van der Waals surface area contributed by atoms with Gasteiger partial charge in [-0.1, -0.05) is 121 Å². The Morgan fingerprint density at radius 1 is 0.563 bits per heavy atom. The predicted molar refractivity (Wildman–Crippen MR) is 407 cm³/mol. The summed E-state index contributed by atoms with van der Waals surface area (Å²) in [5, 5.41) is 22.8. The molecule has 3 aromatic carbocycles. The number of H-pyrrole nitrogens is 2. The van der Waals surface area contributed by atoms with Crippen LogP contribution in [0.1, 0.15) is 157 Å². The summed E-state index contributed by atoms with van der Waals surface area (Å²) in [4.78, 5) is 69.9. The molecule has 0 radical (unpaired) electrons. The molecule has 0 amide bonds. The largest absolute Gasteiger partial charge is 0.382 e. The first kappa shape index (κ1) is 70.2. The van der Waals surface area contributed by atoms with Gasteiger partial charge in [-0.05, 0) is 126 Å². The zero-order valence-corrected chi connectivity index (χ0v) is 58.6. The topological polar surface area (TPSA) is 331 Å². The fraction of sp³-hybridized carbons (Fsp3) is 0.316. The van der Waals surface area contributed by atoms with Crippen molar-refractivity contribution in [1.29, 1.82) is 0 Å². The quantitative estimate of drug-likeness (QED) is 0.0313. The van der Waals surface area contributed by atoms with Crippen LogP contribution in [0.25, 0.3) is 102 Å². The number of rotatable bonds is 23. The first-order valence-electron chi connectivity index (χ1n) is 35.3. The number of anilines is 2. The van der Waals surface area contributed by atoms with Crippen molar-refractivity contribution in [3.8, 4) is 102 Å². The van der Waals surface area contributed by atoms with E-state index in [1.54, 1.807) is 37.2 Å². The van der Waals surface area contributed by atoms with E-state index in [1.807, 2.05) is 107 Å². The summed E-state index contributed by atoms with van der Waals surface area (Å²) in [6.07, 6.45) is 22.1. The Labute approximate surface area is 602 Å². The lowest BCUT2D eigenvalue weighted by molar-refractivity contribution is 0.433. The number of hydrogen-bond donors (Lipinski definition) is 7. The van der Waals surface area contributed by atoms with E-state index in [0.29, 0.717) is 97.8 Å². The van der Waals surface area contributed by atoms with E-state index in [1.165, 1.54) is 53.0 Å². The molecule has 23 nitrogen and oxygen atoms in total. The lowest BCUT2D eigenvalue weighted by atomic mass is 9.92. The predicted octanol–water partition coefficient (Wildman–Crippen LogP) is 15.5. The second kappa shape index (κ2) is 31.8. The molecule has 15 rings (SSSR count). The maximum absolute atomic E-state index is 14.2. The Kier molecular flexibility index (Phi) is 21.7. The Balaban J connectivity index is 0.000000200. The number of halogens is 1. The smallest absolute Gasteiger partial charge is 0.286 e. The van der Waals surface area contributed by atoms with E-state index in [2.05, 4.69) is 99.4 Å². The second-order valence-corrected chi connectivity index (χ2v) is 26.9. The number of nitrogens with zero attached hydrogens (tertiary/aromatic N) is 10. The minimum Gasteiger partial charge on any atom is -0.382 e. The fourth-order valence-electron chi connectivity index (χ4n) is 12.7. The van der Waals surface area contributed by atoms with Gasteiger partial charge in [-0.2, -0.15) is 0 Å². The minimum atomic E-state index is -0.830. The summed E-state index contributed by atoms with van der Waals surface area (Å²) in [6.45, 7) is 12.2. The number of hydrogen-bond acceptors (Lipinski definition) is 20. The Bertz CT molecular complexity index is 5130. The number of nitrogens with two attached hydrogens (primary N) is 2. The van der Waals surface area contributed by atoms with Gasteiger partial charge in [0.15, 0.2) is 46.1 Å². The van der Waals surface area contributed by atoms with Crippen molar-refractivity contribution in [2.75, 3.05) is 18.5 Å². The van der Waals surface area contributed by atoms with Crippen LogP contribution in [-0.2, 0) is 19.6 Å². The van der Waals surface area contributed by atoms with Crippen molar-refractivity contribution in [2.24, 2.45) is 0 Å². The van der Waals surface area contributed by atoms with Gasteiger partial charge in [-0.3, -0.25) is 19.4 Å². The summed E-state index contributed by atoms with van der Waals surface area (Å²) in [6, 6.07) is 36.3. The average Bonchev–Trinajstić information content (AvgIpc) is 1.70. The summed E-state index contributed by atoms with van der Waals surface area (Å²) in [7, 11) is 1.90. The first-order valence-corrected chi connectivity index (χ1v) is 35.3. The van der Waals surface area contributed by atoms with Crippen molar-refractivity contribution < 1.29 is 25.1 Å². The Morgan fingerprint density at radius 2 is 1.02 bits per heavy atom. The fourth-order valence-corrected chi connectivity index (χ4v) is 12.7. The lowest BCUT2D eigenvalue weighted by Crippen LogP contribution is -2.24. The van der Waals surface area contributed by atoms with Crippen LogP contribution in [-0.4, -0.2) is 79.0 Å². The third kappa shape index (κ3) is 16.9. The second-order valence-electron chi connectivity index (χ2n) is 26.9. The summed E-state index contributed by atoms with van der Waals surface area (Å²) < 4.78 is 32.4. The van der Waals surface area contributed by atoms with Gasteiger partial charge in [0.25, 0.3) is 16.7 Å². The maximum Gasteiger partial charge on any atom is 0.286 e. The van der Waals surface area contributed by atoms with Crippen LogP contribution in [0.3, 0.4) is 0 Å². The van der Waals surface area contributed by atoms with Crippen LogP contribution in [0.15, 0.2) is 174 Å². The maximum atomic E-state index is 14.2. The molecule has 538 valence electrons. The summed E-state index contributed by atoms with van der Waals surface area (Å²) >= 11 is 0. The van der Waals surface area contributed by atoms with E-state index in [9.17, 15) is 18.8 Å². The molecule has 24 heteroatoms. The zero-order chi connectivity index (χ0) is 71.7. The highest BCUT2D eigenvalue weighted by Gasteiger charge is 2.25. The Morgan fingerprint density at radius 3 is 1.50 bits per heavy atom. The molecule has 9 aromatic heterocycles. The van der Waals surface area contributed by atoms with Crippen molar-refractivity contribution in [3.05, 3.63) is 217 Å². The van der Waals surface area contributed by atoms with Crippen LogP contribution in [0, 0.1) is 12.7 Å². The molecule has 103 heavy (non-hydrogen) atoms. The highest BCUT2D eigenvalue weighted by atomic mass is 19.1. The van der Waals surface area contributed by atoms with E-state index in [-0.39, 0.29) is 41.8 Å². The minimum absolute atomic E-state index is 0. The number of aromatic amines is 2. The number of aromatic nitrogens is 12. The normalized spacial score (nSPS) is 13.9. The molecular weight excluding hydrogens is 1300 g/mol.